The van der Waals surface area contributed by atoms with Crippen LogP contribution in [0.4, 0.5) is 0 Å². The molecule has 21 heavy (non-hydrogen) atoms. The van der Waals surface area contributed by atoms with E-state index in [-0.39, 0.29) is 0 Å². The zero-order chi connectivity index (χ0) is 15.2. The Bertz CT molecular complexity index is 534. The summed E-state index contributed by atoms with van der Waals surface area (Å²) in [6, 6.07) is 2.17. The first kappa shape index (κ1) is 16.2. The van der Waals surface area contributed by atoms with Gasteiger partial charge in [-0.05, 0) is 32.5 Å². The molecule has 0 fully saturated rings. The Hall–Kier alpha value is -1.17. The van der Waals surface area contributed by atoms with Crippen molar-refractivity contribution in [3.63, 3.8) is 0 Å². The fourth-order valence-corrected chi connectivity index (χ4v) is 2.80. The largest absolute Gasteiger partial charge is 0.465 e. The van der Waals surface area contributed by atoms with Gasteiger partial charge in [0.25, 0.3) is 0 Å². The average molecular weight is 307 g/mol. The number of aromatic nitrogens is 1. The summed E-state index contributed by atoms with van der Waals surface area (Å²) in [5.41, 5.74) is 4.25. The van der Waals surface area contributed by atoms with E-state index in [0.29, 0.717) is 5.92 Å². The topological polar surface area (TPSA) is 41.3 Å². The summed E-state index contributed by atoms with van der Waals surface area (Å²) in [4.78, 5) is 6.53. The zero-order valence-corrected chi connectivity index (χ0v) is 14.2. The van der Waals surface area contributed by atoms with Crippen LogP contribution in [-0.4, -0.2) is 23.5 Å². The summed E-state index contributed by atoms with van der Waals surface area (Å²) in [5.74, 6) is 2.70. The van der Waals surface area contributed by atoms with E-state index >= 15 is 0 Å². The summed E-state index contributed by atoms with van der Waals surface area (Å²) in [6.07, 6.45) is 0. The van der Waals surface area contributed by atoms with Gasteiger partial charge in [0.1, 0.15) is 11.5 Å². The van der Waals surface area contributed by atoms with Gasteiger partial charge in [0.2, 0.25) is 0 Å². The van der Waals surface area contributed by atoms with E-state index in [4.69, 9.17) is 4.42 Å². The van der Waals surface area contributed by atoms with Gasteiger partial charge >= 0.3 is 0 Å². The van der Waals surface area contributed by atoms with Crippen molar-refractivity contribution in [3.8, 4) is 0 Å². The number of nitrogens with zero attached hydrogens (tertiary/aromatic N) is 2. The number of furan rings is 1. The van der Waals surface area contributed by atoms with Crippen LogP contribution < -0.4 is 5.32 Å². The number of thiazole rings is 1. The van der Waals surface area contributed by atoms with E-state index in [0.717, 1.165) is 43.4 Å². The summed E-state index contributed by atoms with van der Waals surface area (Å²) in [5, 5.41) is 5.55. The maximum Gasteiger partial charge on any atom is 0.118 e. The molecule has 4 nitrogen and oxygen atoms in total. The molecule has 2 aromatic rings. The molecule has 2 rings (SSSR count). The van der Waals surface area contributed by atoms with Crippen LogP contribution in [-0.2, 0) is 19.6 Å². The first-order valence-corrected chi connectivity index (χ1v) is 8.33. The third-order valence-electron chi connectivity index (χ3n) is 3.28. The molecule has 0 spiro atoms. The minimum absolute atomic E-state index is 0.668. The van der Waals surface area contributed by atoms with Crippen LogP contribution in [0, 0.1) is 12.8 Å². The molecule has 0 radical (unpaired) electrons. The van der Waals surface area contributed by atoms with Gasteiger partial charge in [0.15, 0.2) is 0 Å². The second kappa shape index (κ2) is 7.73. The quantitative estimate of drug-likeness (QED) is 0.811. The molecule has 0 saturated heterocycles. The van der Waals surface area contributed by atoms with E-state index in [2.05, 4.69) is 47.5 Å². The predicted molar refractivity (Wildman–Crippen MR) is 87.3 cm³/mol. The fraction of sp³-hybridized carbons (Fsp3) is 0.562. The second-order valence-electron chi connectivity index (χ2n) is 5.97. The van der Waals surface area contributed by atoms with Crippen LogP contribution in [0.15, 0.2) is 21.4 Å². The normalized spacial score (nSPS) is 11.7. The van der Waals surface area contributed by atoms with Crippen molar-refractivity contribution in [1.82, 2.24) is 15.2 Å². The molecule has 0 amide bonds. The molecule has 0 aliphatic rings. The molecular formula is C16H25N3OS. The first-order chi connectivity index (χ1) is 10.0. The predicted octanol–water partition coefficient (Wildman–Crippen LogP) is 3.42. The Morgan fingerprint density at radius 3 is 2.86 bits per heavy atom. The summed E-state index contributed by atoms with van der Waals surface area (Å²) < 4.78 is 5.86. The Balaban J connectivity index is 1.86. The lowest BCUT2D eigenvalue weighted by Crippen LogP contribution is -2.19. The van der Waals surface area contributed by atoms with Crippen LogP contribution in [0.1, 0.15) is 36.6 Å². The molecule has 0 unspecified atom stereocenters. The molecule has 0 aromatic carbocycles. The van der Waals surface area contributed by atoms with Gasteiger partial charge in [-0.15, -0.1) is 11.3 Å². The molecule has 0 aliphatic heterocycles. The minimum atomic E-state index is 0.668. The number of aryl methyl sites for hydroxylation is 1. The molecular weight excluding hydrogens is 282 g/mol. The van der Waals surface area contributed by atoms with Gasteiger partial charge < -0.3 is 9.73 Å². The van der Waals surface area contributed by atoms with Gasteiger partial charge in [0.05, 0.1) is 17.7 Å². The Morgan fingerprint density at radius 2 is 2.19 bits per heavy atom. The molecule has 0 saturated carbocycles. The molecule has 116 valence electrons. The van der Waals surface area contributed by atoms with Crippen molar-refractivity contribution in [1.29, 1.82) is 0 Å². The van der Waals surface area contributed by atoms with Crippen molar-refractivity contribution >= 4 is 11.3 Å². The summed E-state index contributed by atoms with van der Waals surface area (Å²) >= 11 is 1.64. The maximum absolute atomic E-state index is 5.86. The molecule has 0 aliphatic carbocycles. The fourth-order valence-electron chi connectivity index (χ4n) is 2.25. The third kappa shape index (κ3) is 5.26. The lowest BCUT2D eigenvalue weighted by Gasteiger charge is -2.13. The van der Waals surface area contributed by atoms with Gasteiger partial charge in [-0.2, -0.15) is 0 Å². The van der Waals surface area contributed by atoms with Crippen LogP contribution >= 0.6 is 11.3 Å². The van der Waals surface area contributed by atoms with Crippen LogP contribution in [0.5, 0.6) is 0 Å². The van der Waals surface area contributed by atoms with Crippen molar-refractivity contribution in [2.24, 2.45) is 5.92 Å². The zero-order valence-electron chi connectivity index (χ0n) is 13.3. The molecule has 2 heterocycles. The molecule has 2 aromatic heterocycles. The van der Waals surface area contributed by atoms with Crippen molar-refractivity contribution in [3.05, 3.63) is 39.7 Å². The smallest absolute Gasteiger partial charge is 0.118 e. The number of nitrogens with one attached hydrogen (secondary N) is 1. The van der Waals surface area contributed by atoms with Gasteiger partial charge in [0, 0.05) is 24.0 Å². The number of rotatable bonds is 8. The van der Waals surface area contributed by atoms with Crippen LogP contribution in [0.25, 0.3) is 0 Å². The monoisotopic (exact) mass is 307 g/mol. The second-order valence-corrected chi connectivity index (χ2v) is 6.69. The van der Waals surface area contributed by atoms with Crippen molar-refractivity contribution in [2.75, 3.05) is 13.6 Å². The lowest BCUT2D eigenvalue weighted by molar-refractivity contribution is 0.282. The van der Waals surface area contributed by atoms with Crippen molar-refractivity contribution < 1.29 is 4.42 Å². The highest BCUT2D eigenvalue weighted by Gasteiger charge is 2.10. The Kier molecular flexibility index (Phi) is 5.96. The lowest BCUT2D eigenvalue weighted by atomic mass is 10.2. The summed E-state index contributed by atoms with van der Waals surface area (Å²) in [6.45, 7) is 10.0. The van der Waals surface area contributed by atoms with Crippen molar-refractivity contribution in [2.45, 2.75) is 40.4 Å². The molecule has 0 atom stereocenters. The molecule has 5 heteroatoms. The van der Waals surface area contributed by atoms with Gasteiger partial charge in [-0.1, -0.05) is 13.8 Å². The average Bonchev–Trinajstić information content (AvgIpc) is 3.00. The van der Waals surface area contributed by atoms with E-state index < -0.39 is 0 Å². The Morgan fingerprint density at radius 1 is 1.38 bits per heavy atom. The molecule has 0 bridgehead atoms. The highest BCUT2D eigenvalue weighted by Crippen LogP contribution is 2.17. The highest BCUT2D eigenvalue weighted by molar-refractivity contribution is 7.07. The minimum Gasteiger partial charge on any atom is -0.465 e. The standard InChI is InChI=1S/C16H25N3OS/c1-12(2)6-17-7-14-5-16(20-13(14)3)9-19(4)8-15-10-21-11-18-15/h5,10-12,17H,6-9H2,1-4H3. The van der Waals surface area contributed by atoms with Gasteiger partial charge in [-0.3, -0.25) is 4.90 Å². The number of hydrogen-bond acceptors (Lipinski definition) is 5. The number of hydrogen-bond donors (Lipinski definition) is 1. The van der Waals surface area contributed by atoms with E-state index in [1.807, 2.05) is 12.4 Å². The van der Waals surface area contributed by atoms with Gasteiger partial charge in [-0.25, -0.2) is 4.98 Å². The summed E-state index contributed by atoms with van der Waals surface area (Å²) in [7, 11) is 2.09. The highest BCUT2D eigenvalue weighted by atomic mass is 32.1. The molecule has 1 N–H and O–H groups in total. The van der Waals surface area contributed by atoms with Crippen LogP contribution in [0.3, 0.4) is 0 Å². The van der Waals surface area contributed by atoms with E-state index in [1.54, 1.807) is 11.3 Å². The third-order valence-corrected chi connectivity index (χ3v) is 3.92. The maximum atomic E-state index is 5.86. The SMILES string of the molecule is Cc1oc(CN(C)Cc2cscn2)cc1CNCC(C)C. The van der Waals surface area contributed by atoms with E-state index in [9.17, 15) is 0 Å². The van der Waals surface area contributed by atoms with Crippen LogP contribution in [0.2, 0.25) is 0 Å². The first-order valence-electron chi connectivity index (χ1n) is 7.39. The van der Waals surface area contributed by atoms with E-state index in [1.165, 1.54) is 5.56 Å². The Labute approximate surface area is 131 Å².